The molecular weight excluding hydrogens is 372 g/mol. The molecule has 30 heavy (non-hydrogen) atoms. The van der Waals surface area contributed by atoms with Crippen LogP contribution in [-0.2, 0) is 0 Å². The van der Waals surface area contributed by atoms with Crippen molar-refractivity contribution >= 4 is 34.1 Å². The van der Waals surface area contributed by atoms with Crippen molar-refractivity contribution in [3.63, 3.8) is 0 Å². The molecule has 0 bridgehead atoms. The Balaban J connectivity index is 1.49. The van der Waals surface area contributed by atoms with E-state index in [0.29, 0.717) is 0 Å². The van der Waals surface area contributed by atoms with Gasteiger partial charge in [0.2, 0.25) is 0 Å². The molecule has 6 nitrogen and oxygen atoms in total. The molecule has 4 aromatic rings. The van der Waals surface area contributed by atoms with E-state index in [1.165, 1.54) is 0 Å². The molecule has 0 amide bonds. The first-order chi connectivity index (χ1) is 14.8. The summed E-state index contributed by atoms with van der Waals surface area (Å²) in [5, 5.41) is 25.1. The first-order valence-corrected chi connectivity index (χ1v) is 9.66. The fourth-order valence-corrected chi connectivity index (χ4v) is 4.12. The van der Waals surface area contributed by atoms with Gasteiger partial charge in [-0.25, -0.2) is 0 Å². The Hall–Kier alpha value is -4.32. The number of benzene rings is 4. The third kappa shape index (κ3) is 2.07. The number of nitrogens with zero attached hydrogens (tertiary/aromatic N) is 6. The third-order valence-corrected chi connectivity index (χ3v) is 5.68. The molecule has 6 heteroatoms. The Morgan fingerprint density at radius 3 is 0.967 bits per heavy atom. The van der Waals surface area contributed by atoms with E-state index in [2.05, 4.69) is 67.1 Å². The molecule has 3 aliphatic rings. The number of hydrogen-bond acceptors (Lipinski definition) is 6. The summed E-state index contributed by atoms with van der Waals surface area (Å²) in [6.07, 6.45) is 0. The standard InChI is InChI=1S/C24H12N6/c1-4-16(22-19(7-1)25-28-22)13-10-14(17-5-2-8-20-23(17)29-26-20)12-15(11-13)18-6-3-9-21-24(18)30-27-21/h1-12H. The molecule has 7 rings (SSSR count). The van der Waals surface area contributed by atoms with Gasteiger partial charge in [0.15, 0.2) is 0 Å². The summed E-state index contributed by atoms with van der Waals surface area (Å²) in [7, 11) is 0. The predicted octanol–water partition coefficient (Wildman–Crippen LogP) is 8.87. The van der Waals surface area contributed by atoms with Crippen molar-refractivity contribution in [3.05, 3.63) is 72.8 Å². The topological polar surface area (TPSA) is 74.2 Å². The van der Waals surface area contributed by atoms with E-state index in [1.54, 1.807) is 0 Å². The van der Waals surface area contributed by atoms with Crippen molar-refractivity contribution < 1.29 is 0 Å². The van der Waals surface area contributed by atoms with E-state index >= 15 is 0 Å². The monoisotopic (exact) mass is 384 g/mol. The van der Waals surface area contributed by atoms with Gasteiger partial charge in [0.25, 0.3) is 0 Å². The van der Waals surface area contributed by atoms with Gasteiger partial charge in [-0.2, -0.15) is 0 Å². The highest BCUT2D eigenvalue weighted by atomic mass is 15.2. The molecule has 0 aromatic heterocycles. The zero-order valence-electron chi connectivity index (χ0n) is 15.6. The first kappa shape index (κ1) is 15.6. The largest absolute Gasteiger partial charge is 0.148 e. The van der Waals surface area contributed by atoms with E-state index in [9.17, 15) is 0 Å². The summed E-state index contributed by atoms with van der Waals surface area (Å²) in [6, 6.07) is 24.8. The minimum absolute atomic E-state index is 0.926. The highest BCUT2D eigenvalue weighted by Gasteiger charge is 2.22. The van der Waals surface area contributed by atoms with E-state index < -0.39 is 0 Å². The van der Waals surface area contributed by atoms with Crippen molar-refractivity contribution in [1.82, 2.24) is 0 Å². The van der Waals surface area contributed by atoms with E-state index in [1.807, 2.05) is 36.4 Å². The minimum atomic E-state index is 0.926. The molecule has 0 saturated carbocycles. The van der Waals surface area contributed by atoms with Gasteiger partial charge in [0.1, 0.15) is 34.1 Å². The average molecular weight is 384 g/mol. The maximum Gasteiger partial charge on any atom is 0.121 e. The first-order valence-electron chi connectivity index (χ1n) is 9.66. The summed E-state index contributed by atoms with van der Waals surface area (Å²) in [5.74, 6) is 0. The van der Waals surface area contributed by atoms with Gasteiger partial charge in [-0.15, -0.1) is 30.7 Å². The summed E-state index contributed by atoms with van der Waals surface area (Å²) in [4.78, 5) is 0. The average Bonchev–Trinajstić information content (AvgIpc) is 2.69. The van der Waals surface area contributed by atoms with Crippen LogP contribution < -0.4 is 0 Å². The Labute approximate surface area is 171 Å². The minimum Gasteiger partial charge on any atom is -0.148 e. The van der Waals surface area contributed by atoms with Crippen LogP contribution in [-0.4, -0.2) is 0 Å². The molecule has 0 spiro atoms. The van der Waals surface area contributed by atoms with Crippen LogP contribution in [0.15, 0.2) is 103 Å². The number of hydrogen-bond donors (Lipinski definition) is 0. The Kier molecular flexibility index (Phi) is 2.91. The third-order valence-electron chi connectivity index (χ3n) is 5.68. The lowest BCUT2D eigenvalue weighted by atomic mass is 9.90. The summed E-state index contributed by atoms with van der Waals surface area (Å²) in [6.45, 7) is 0. The lowest BCUT2D eigenvalue weighted by Gasteiger charge is -2.19. The highest BCUT2D eigenvalue weighted by molar-refractivity contribution is 5.95. The quantitative estimate of drug-likeness (QED) is 0.292. The van der Waals surface area contributed by atoms with Crippen LogP contribution in [0.2, 0.25) is 0 Å². The molecule has 138 valence electrons. The van der Waals surface area contributed by atoms with E-state index in [0.717, 1.165) is 67.5 Å². The zero-order valence-corrected chi connectivity index (χ0v) is 15.6. The lowest BCUT2D eigenvalue weighted by Crippen LogP contribution is -1.91. The molecule has 0 radical (unpaired) electrons. The van der Waals surface area contributed by atoms with Crippen molar-refractivity contribution in [2.45, 2.75) is 0 Å². The maximum atomic E-state index is 4.26. The van der Waals surface area contributed by atoms with Crippen molar-refractivity contribution in [2.75, 3.05) is 0 Å². The molecular formula is C24H12N6. The van der Waals surface area contributed by atoms with E-state index in [-0.39, 0.29) is 0 Å². The van der Waals surface area contributed by atoms with Crippen LogP contribution in [0.25, 0.3) is 33.4 Å². The molecule has 0 atom stereocenters. The molecule has 0 N–H and O–H groups in total. The number of azo groups is 3. The van der Waals surface area contributed by atoms with E-state index in [4.69, 9.17) is 0 Å². The van der Waals surface area contributed by atoms with Gasteiger partial charge in [-0.3, -0.25) is 0 Å². The van der Waals surface area contributed by atoms with Gasteiger partial charge in [-0.1, -0.05) is 36.4 Å². The molecule has 3 aliphatic heterocycles. The summed E-state index contributed by atoms with van der Waals surface area (Å²) >= 11 is 0. The maximum absolute atomic E-state index is 4.26. The van der Waals surface area contributed by atoms with Gasteiger partial charge < -0.3 is 0 Å². The Morgan fingerprint density at radius 2 is 0.700 bits per heavy atom. The van der Waals surface area contributed by atoms with Crippen LogP contribution in [0.5, 0.6) is 0 Å². The van der Waals surface area contributed by atoms with Gasteiger partial charge in [-0.05, 0) is 53.1 Å². The van der Waals surface area contributed by atoms with Crippen molar-refractivity contribution in [1.29, 1.82) is 0 Å². The second-order valence-corrected chi connectivity index (χ2v) is 7.42. The molecule has 0 unspecified atom stereocenters. The van der Waals surface area contributed by atoms with Crippen LogP contribution >= 0.6 is 0 Å². The van der Waals surface area contributed by atoms with Gasteiger partial charge in [0, 0.05) is 16.7 Å². The second kappa shape index (κ2) is 5.61. The number of fused-ring (bicyclic) bond motifs is 3. The lowest BCUT2D eigenvalue weighted by molar-refractivity contribution is 1.14. The van der Waals surface area contributed by atoms with Gasteiger partial charge >= 0.3 is 0 Å². The van der Waals surface area contributed by atoms with Crippen LogP contribution in [0.1, 0.15) is 0 Å². The SMILES string of the molecule is c1cc2c(c(-c3cc(-c4cccc5c4N=N5)cc(-c4cccc5c4N=N5)c3)c1)N=N2. The summed E-state index contributed by atoms with van der Waals surface area (Å²) < 4.78 is 0. The Morgan fingerprint density at radius 1 is 0.367 bits per heavy atom. The van der Waals surface area contributed by atoms with Crippen LogP contribution in [0, 0.1) is 0 Å². The van der Waals surface area contributed by atoms with Crippen molar-refractivity contribution in [3.8, 4) is 33.4 Å². The highest BCUT2D eigenvalue weighted by Crippen LogP contribution is 2.51. The van der Waals surface area contributed by atoms with Crippen LogP contribution in [0.3, 0.4) is 0 Å². The van der Waals surface area contributed by atoms with Gasteiger partial charge in [0.05, 0.1) is 0 Å². The number of rotatable bonds is 3. The zero-order chi connectivity index (χ0) is 19.7. The Bertz CT molecular complexity index is 1300. The molecule has 0 aliphatic carbocycles. The van der Waals surface area contributed by atoms with Crippen molar-refractivity contribution in [2.24, 2.45) is 30.7 Å². The van der Waals surface area contributed by atoms with Crippen LogP contribution in [0.4, 0.5) is 34.1 Å². The molecule has 3 heterocycles. The predicted molar refractivity (Wildman–Crippen MR) is 115 cm³/mol. The molecule has 0 fully saturated rings. The fraction of sp³-hybridized carbons (Fsp3) is 0. The molecule has 0 saturated heterocycles. The fourth-order valence-electron chi connectivity index (χ4n) is 4.12. The molecule has 4 aromatic carbocycles. The summed E-state index contributed by atoms with van der Waals surface area (Å²) in [5.41, 5.74) is 12.0. The normalized spacial score (nSPS) is 13.6. The smallest absolute Gasteiger partial charge is 0.121 e. The second-order valence-electron chi connectivity index (χ2n) is 7.42.